The minimum Gasteiger partial charge on any atom is -0.241 e. The molecule has 1 unspecified atom stereocenters. The van der Waals surface area contributed by atoms with Gasteiger partial charge < -0.3 is 0 Å². The molecule has 1 aromatic heterocycles. The first-order chi connectivity index (χ1) is 6.16. The lowest BCUT2D eigenvalue weighted by Crippen LogP contribution is -2.03. The zero-order valence-corrected chi connectivity index (χ0v) is 8.96. The molecule has 0 fully saturated rings. The molecule has 1 atom stereocenters. The average Bonchev–Trinajstić information content (AvgIpc) is 2.04. The molecule has 2 heteroatoms. The monoisotopic (exact) mass is 178 g/mol. The summed E-state index contributed by atoms with van der Waals surface area (Å²) in [6.45, 7) is 8.60. The third-order valence-corrected chi connectivity index (χ3v) is 2.50. The Morgan fingerprint density at radius 3 is 2.23 bits per heavy atom. The first kappa shape index (κ1) is 10.2. The molecule has 0 N–H and O–H groups in total. The zero-order chi connectivity index (χ0) is 9.84. The van der Waals surface area contributed by atoms with Gasteiger partial charge in [-0.1, -0.05) is 20.3 Å². The van der Waals surface area contributed by atoms with Gasteiger partial charge in [0.05, 0.1) is 0 Å². The number of nitrogens with zero attached hydrogens (tertiary/aromatic N) is 2. The predicted molar refractivity (Wildman–Crippen MR) is 54.8 cm³/mol. The number of aryl methyl sites for hydroxylation is 2. The van der Waals surface area contributed by atoms with E-state index in [0.29, 0.717) is 5.92 Å². The highest BCUT2D eigenvalue weighted by Crippen LogP contribution is 2.24. The molecule has 0 aliphatic carbocycles. The Morgan fingerprint density at radius 1 is 1.23 bits per heavy atom. The van der Waals surface area contributed by atoms with E-state index in [4.69, 9.17) is 0 Å². The van der Waals surface area contributed by atoms with Crippen LogP contribution in [0.2, 0.25) is 0 Å². The van der Waals surface area contributed by atoms with Crippen molar-refractivity contribution in [2.45, 2.75) is 46.5 Å². The fourth-order valence-electron chi connectivity index (χ4n) is 1.89. The fourth-order valence-corrected chi connectivity index (χ4v) is 1.89. The van der Waals surface area contributed by atoms with Crippen molar-refractivity contribution in [1.29, 1.82) is 0 Å². The van der Waals surface area contributed by atoms with Crippen LogP contribution >= 0.6 is 0 Å². The van der Waals surface area contributed by atoms with Crippen LogP contribution in [0.15, 0.2) is 6.33 Å². The van der Waals surface area contributed by atoms with Crippen LogP contribution in [0.5, 0.6) is 0 Å². The Labute approximate surface area is 80.4 Å². The van der Waals surface area contributed by atoms with E-state index in [1.54, 1.807) is 6.33 Å². The maximum Gasteiger partial charge on any atom is 0.115 e. The molecule has 0 aliphatic heterocycles. The van der Waals surface area contributed by atoms with E-state index in [1.165, 1.54) is 18.4 Å². The van der Waals surface area contributed by atoms with Gasteiger partial charge >= 0.3 is 0 Å². The Hall–Kier alpha value is -0.920. The molecule has 0 spiro atoms. The molecular formula is C11H18N2. The third-order valence-electron chi connectivity index (χ3n) is 2.50. The fraction of sp³-hybridized carbons (Fsp3) is 0.636. The second-order valence-corrected chi connectivity index (χ2v) is 3.65. The van der Waals surface area contributed by atoms with Gasteiger partial charge in [-0.05, 0) is 31.7 Å². The molecule has 0 amide bonds. The van der Waals surface area contributed by atoms with Crippen molar-refractivity contribution < 1.29 is 0 Å². The Morgan fingerprint density at radius 2 is 1.77 bits per heavy atom. The summed E-state index contributed by atoms with van der Waals surface area (Å²) in [4.78, 5) is 8.46. The molecule has 0 saturated carbocycles. The molecule has 1 rings (SSSR count). The van der Waals surface area contributed by atoms with Crippen molar-refractivity contribution in [3.8, 4) is 0 Å². The van der Waals surface area contributed by atoms with Crippen molar-refractivity contribution in [1.82, 2.24) is 9.97 Å². The van der Waals surface area contributed by atoms with Gasteiger partial charge in [0.25, 0.3) is 0 Å². The first-order valence-corrected chi connectivity index (χ1v) is 4.94. The smallest absolute Gasteiger partial charge is 0.115 e. The van der Waals surface area contributed by atoms with Crippen molar-refractivity contribution >= 4 is 0 Å². The standard InChI is InChI=1S/C11H18N2/c1-5-6-8(2)11-9(3)12-7-13-10(11)4/h7-8H,5-6H2,1-4H3. The molecule has 1 aromatic rings. The maximum atomic E-state index is 4.23. The summed E-state index contributed by atoms with van der Waals surface area (Å²) in [5.74, 6) is 0.589. The number of hydrogen-bond donors (Lipinski definition) is 0. The van der Waals surface area contributed by atoms with Gasteiger partial charge in [-0.2, -0.15) is 0 Å². The van der Waals surface area contributed by atoms with Crippen LogP contribution in [-0.4, -0.2) is 9.97 Å². The molecule has 72 valence electrons. The summed E-state index contributed by atoms with van der Waals surface area (Å²) in [5.41, 5.74) is 3.60. The van der Waals surface area contributed by atoms with Crippen LogP contribution < -0.4 is 0 Å². The highest BCUT2D eigenvalue weighted by molar-refractivity contribution is 5.26. The summed E-state index contributed by atoms with van der Waals surface area (Å²) in [7, 11) is 0. The third kappa shape index (κ3) is 2.27. The van der Waals surface area contributed by atoms with E-state index in [-0.39, 0.29) is 0 Å². The average molecular weight is 178 g/mol. The molecule has 0 saturated heterocycles. The van der Waals surface area contributed by atoms with Crippen LogP contribution in [0.25, 0.3) is 0 Å². The van der Waals surface area contributed by atoms with E-state index in [1.807, 2.05) is 0 Å². The van der Waals surface area contributed by atoms with Crippen LogP contribution in [-0.2, 0) is 0 Å². The Balaban J connectivity index is 2.98. The second kappa shape index (κ2) is 4.35. The highest BCUT2D eigenvalue weighted by Gasteiger charge is 2.11. The van der Waals surface area contributed by atoms with Crippen molar-refractivity contribution in [2.24, 2.45) is 0 Å². The topological polar surface area (TPSA) is 25.8 Å². The summed E-state index contributed by atoms with van der Waals surface area (Å²) >= 11 is 0. The van der Waals surface area contributed by atoms with E-state index in [2.05, 4.69) is 37.7 Å². The second-order valence-electron chi connectivity index (χ2n) is 3.65. The normalized spacial score (nSPS) is 12.9. The van der Waals surface area contributed by atoms with Gasteiger partial charge in [0.1, 0.15) is 6.33 Å². The molecule has 1 heterocycles. The van der Waals surface area contributed by atoms with E-state index >= 15 is 0 Å². The maximum absolute atomic E-state index is 4.23. The molecular weight excluding hydrogens is 160 g/mol. The van der Waals surface area contributed by atoms with Crippen LogP contribution in [0.1, 0.15) is 49.6 Å². The number of rotatable bonds is 3. The van der Waals surface area contributed by atoms with Gasteiger partial charge in [-0.15, -0.1) is 0 Å². The first-order valence-electron chi connectivity index (χ1n) is 4.94. The lowest BCUT2D eigenvalue weighted by atomic mass is 9.94. The van der Waals surface area contributed by atoms with Gasteiger partial charge in [0, 0.05) is 11.4 Å². The molecule has 2 nitrogen and oxygen atoms in total. The summed E-state index contributed by atoms with van der Waals surface area (Å²) in [6, 6.07) is 0. The summed E-state index contributed by atoms with van der Waals surface area (Å²) < 4.78 is 0. The van der Waals surface area contributed by atoms with Gasteiger partial charge in [0.2, 0.25) is 0 Å². The lowest BCUT2D eigenvalue weighted by Gasteiger charge is -2.14. The molecule has 13 heavy (non-hydrogen) atoms. The minimum atomic E-state index is 0.589. The number of hydrogen-bond acceptors (Lipinski definition) is 2. The van der Waals surface area contributed by atoms with E-state index in [9.17, 15) is 0 Å². The zero-order valence-electron chi connectivity index (χ0n) is 8.96. The molecule has 0 radical (unpaired) electrons. The molecule has 0 aliphatic rings. The van der Waals surface area contributed by atoms with Crippen molar-refractivity contribution in [2.75, 3.05) is 0 Å². The summed E-state index contributed by atoms with van der Waals surface area (Å²) in [5, 5.41) is 0. The largest absolute Gasteiger partial charge is 0.241 e. The summed E-state index contributed by atoms with van der Waals surface area (Å²) in [6.07, 6.45) is 4.08. The Kier molecular flexibility index (Phi) is 3.40. The Bertz CT molecular complexity index is 261. The molecule has 0 bridgehead atoms. The van der Waals surface area contributed by atoms with Crippen LogP contribution in [0.3, 0.4) is 0 Å². The van der Waals surface area contributed by atoms with E-state index < -0.39 is 0 Å². The van der Waals surface area contributed by atoms with Crippen molar-refractivity contribution in [3.05, 3.63) is 23.3 Å². The highest BCUT2D eigenvalue weighted by atomic mass is 14.8. The van der Waals surface area contributed by atoms with E-state index in [0.717, 1.165) is 11.4 Å². The van der Waals surface area contributed by atoms with Gasteiger partial charge in [-0.3, -0.25) is 0 Å². The van der Waals surface area contributed by atoms with Crippen LogP contribution in [0.4, 0.5) is 0 Å². The predicted octanol–water partition coefficient (Wildman–Crippen LogP) is 3.00. The number of aromatic nitrogens is 2. The van der Waals surface area contributed by atoms with Crippen LogP contribution in [0, 0.1) is 13.8 Å². The van der Waals surface area contributed by atoms with Gasteiger partial charge in [0.15, 0.2) is 0 Å². The quantitative estimate of drug-likeness (QED) is 0.711. The van der Waals surface area contributed by atoms with Gasteiger partial charge in [-0.25, -0.2) is 9.97 Å². The minimum absolute atomic E-state index is 0.589. The van der Waals surface area contributed by atoms with Crippen molar-refractivity contribution in [3.63, 3.8) is 0 Å². The molecule has 0 aromatic carbocycles. The lowest BCUT2D eigenvalue weighted by molar-refractivity contribution is 0.649. The SMILES string of the molecule is CCCC(C)c1c(C)ncnc1C.